The molecule has 13 nitrogen and oxygen atoms in total. The Kier molecular flexibility index (Phi) is 11.2. The summed E-state index contributed by atoms with van der Waals surface area (Å²) < 4.78 is 19.5. The molecule has 2 atom stereocenters. The summed E-state index contributed by atoms with van der Waals surface area (Å²) in [7, 11) is 0. The second-order valence-electron chi connectivity index (χ2n) is 7.18. The smallest absolute Gasteiger partial charge is 0.338 e. The van der Waals surface area contributed by atoms with Gasteiger partial charge in [-0.1, -0.05) is 0 Å². The SMILES string of the molecule is O=C(O[C@@H]1CCOC1)c1ccc([N+](=O)[O-])cc1.O=COc1ccc([N+](=O)[O-])cc1.O[C@H]1CCOC1. The van der Waals surface area contributed by atoms with Crippen LogP contribution in [0, 0.1) is 20.2 Å². The molecule has 0 aliphatic carbocycles. The monoisotopic (exact) mass is 492 g/mol. The Labute approximate surface area is 199 Å². The van der Waals surface area contributed by atoms with E-state index in [-0.39, 0.29) is 35.8 Å². The van der Waals surface area contributed by atoms with Crippen LogP contribution in [0.3, 0.4) is 0 Å². The molecule has 2 saturated heterocycles. The minimum absolute atomic E-state index is 0.0340. The number of aliphatic hydroxyl groups excluding tert-OH is 1. The van der Waals surface area contributed by atoms with Gasteiger partial charge in [0.1, 0.15) is 11.9 Å². The van der Waals surface area contributed by atoms with Crippen LogP contribution in [0.2, 0.25) is 0 Å². The minimum Gasteiger partial charge on any atom is -0.456 e. The Morgan fingerprint density at radius 2 is 1.46 bits per heavy atom. The molecular weight excluding hydrogens is 468 g/mol. The Balaban J connectivity index is 0.000000207. The van der Waals surface area contributed by atoms with Gasteiger partial charge in [-0.05, 0) is 30.7 Å². The highest BCUT2D eigenvalue weighted by Gasteiger charge is 2.21. The van der Waals surface area contributed by atoms with Crippen LogP contribution in [0.5, 0.6) is 5.75 Å². The zero-order valence-electron chi connectivity index (χ0n) is 18.5. The molecule has 2 fully saturated rings. The van der Waals surface area contributed by atoms with E-state index in [4.69, 9.17) is 19.3 Å². The average molecular weight is 492 g/mol. The Bertz CT molecular complexity index is 968. The van der Waals surface area contributed by atoms with Gasteiger partial charge in [-0.25, -0.2) is 4.79 Å². The number of nitro benzene ring substituents is 2. The molecule has 13 heteroatoms. The van der Waals surface area contributed by atoms with Gasteiger partial charge in [-0.2, -0.15) is 0 Å². The highest BCUT2D eigenvalue weighted by Crippen LogP contribution is 2.17. The number of hydrogen-bond donors (Lipinski definition) is 1. The lowest BCUT2D eigenvalue weighted by Crippen LogP contribution is -2.18. The van der Waals surface area contributed by atoms with Crippen molar-refractivity contribution < 1.29 is 43.5 Å². The van der Waals surface area contributed by atoms with Gasteiger partial charge in [0.15, 0.2) is 0 Å². The predicted octanol–water partition coefficient (Wildman–Crippen LogP) is 2.44. The van der Waals surface area contributed by atoms with Gasteiger partial charge in [0, 0.05) is 37.3 Å². The molecule has 1 N–H and O–H groups in total. The first-order chi connectivity index (χ1) is 16.8. The summed E-state index contributed by atoms with van der Waals surface area (Å²) in [5.41, 5.74) is 0.224. The summed E-state index contributed by atoms with van der Waals surface area (Å²) in [5.74, 6) is -0.189. The third kappa shape index (κ3) is 9.83. The molecule has 0 saturated carbocycles. The van der Waals surface area contributed by atoms with Crippen molar-refractivity contribution >= 4 is 23.8 Å². The summed E-state index contributed by atoms with van der Waals surface area (Å²) in [4.78, 5) is 41.0. The van der Waals surface area contributed by atoms with E-state index in [2.05, 4.69) is 4.74 Å². The fourth-order valence-electron chi connectivity index (χ4n) is 2.77. The lowest BCUT2D eigenvalue weighted by atomic mass is 10.2. The molecule has 0 radical (unpaired) electrons. The van der Waals surface area contributed by atoms with Crippen LogP contribution in [0.4, 0.5) is 11.4 Å². The average Bonchev–Trinajstić information content (AvgIpc) is 3.54. The second kappa shape index (κ2) is 14.3. The summed E-state index contributed by atoms with van der Waals surface area (Å²) >= 11 is 0. The van der Waals surface area contributed by atoms with Crippen LogP contribution in [0.15, 0.2) is 48.5 Å². The van der Waals surface area contributed by atoms with Gasteiger partial charge < -0.3 is 24.1 Å². The minimum atomic E-state index is -0.523. The van der Waals surface area contributed by atoms with E-state index >= 15 is 0 Å². The van der Waals surface area contributed by atoms with Gasteiger partial charge in [-0.3, -0.25) is 25.0 Å². The van der Waals surface area contributed by atoms with Crippen molar-refractivity contribution in [3.63, 3.8) is 0 Å². The van der Waals surface area contributed by atoms with Crippen LogP contribution in [0.25, 0.3) is 0 Å². The highest BCUT2D eigenvalue weighted by molar-refractivity contribution is 5.89. The van der Waals surface area contributed by atoms with E-state index < -0.39 is 15.8 Å². The zero-order chi connectivity index (χ0) is 25.6. The molecule has 0 amide bonds. The molecule has 0 spiro atoms. The maximum absolute atomic E-state index is 11.6. The summed E-state index contributed by atoms with van der Waals surface area (Å²) in [6.07, 6.45) is 1.13. The Morgan fingerprint density at radius 1 is 0.914 bits per heavy atom. The maximum Gasteiger partial charge on any atom is 0.338 e. The topological polar surface area (TPSA) is 178 Å². The molecule has 0 bridgehead atoms. The van der Waals surface area contributed by atoms with Crippen LogP contribution in [-0.4, -0.2) is 66.0 Å². The van der Waals surface area contributed by atoms with Gasteiger partial charge >= 0.3 is 5.97 Å². The van der Waals surface area contributed by atoms with Crippen LogP contribution >= 0.6 is 0 Å². The zero-order valence-corrected chi connectivity index (χ0v) is 18.5. The number of ether oxygens (including phenoxy) is 4. The Hall–Kier alpha value is -3.94. The van der Waals surface area contributed by atoms with Crippen molar-refractivity contribution in [1.82, 2.24) is 0 Å². The number of esters is 1. The molecule has 2 aromatic carbocycles. The number of hydrogen-bond acceptors (Lipinski definition) is 11. The van der Waals surface area contributed by atoms with Gasteiger partial charge in [0.25, 0.3) is 17.8 Å². The first-order valence-electron chi connectivity index (χ1n) is 10.4. The van der Waals surface area contributed by atoms with Crippen molar-refractivity contribution in [2.45, 2.75) is 25.0 Å². The van der Waals surface area contributed by atoms with Crippen molar-refractivity contribution in [3.8, 4) is 5.75 Å². The van der Waals surface area contributed by atoms with Gasteiger partial charge in [0.2, 0.25) is 0 Å². The summed E-state index contributed by atoms with van der Waals surface area (Å²) in [6.45, 7) is 2.55. The van der Waals surface area contributed by atoms with Crippen molar-refractivity contribution in [3.05, 3.63) is 74.3 Å². The van der Waals surface area contributed by atoms with Crippen LogP contribution in [0.1, 0.15) is 23.2 Å². The molecule has 35 heavy (non-hydrogen) atoms. The van der Waals surface area contributed by atoms with Crippen LogP contribution in [-0.2, 0) is 19.0 Å². The predicted molar refractivity (Wildman–Crippen MR) is 119 cm³/mol. The quantitative estimate of drug-likeness (QED) is 0.271. The number of benzene rings is 2. The first-order valence-corrected chi connectivity index (χ1v) is 10.4. The fourth-order valence-corrected chi connectivity index (χ4v) is 2.77. The van der Waals surface area contributed by atoms with E-state index in [0.717, 1.165) is 13.0 Å². The molecule has 2 aromatic rings. The lowest BCUT2D eigenvalue weighted by Gasteiger charge is -2.09. The van der Waals surface area contributed by atoms with E-state index in [0.29, 0.717) is 31.8 Å². The normalized spacial score (nSPS) is 18.2. The van der Waals surface area contributed by atoms with E-state index in [1.54, 1.807) is 0 Å². The molecule has 188 valence electrons. The lowest BCUT2D eigenvalue weighted by molar-refractivity contribution is -0.385. The highest BCUT2D eigenvalue weighted by atomic mass is 16.6. The Morgan fingerprint density at radius 3 is 1.86 bits per heavy atom. The standard InChI is InChI=1S/C11H11NO5.C7H5NO4.C4H8O2/c13-11(17-10-5-6-16-7-10)8-1-3-9(4-2-8)12(14)15;9-5-12-7-3-1-6(2-4-7)8(10)11;5-4-1-2-6-3-4/h1-4,10H,5-7H2;1-5H;4-5H,1-3H2/t10-;;4-/m1.0/s1. The van der Waals surface area contributed by atoms with Crippen molar-refractivity contribution in [2.75, 3.05) is 26.4 Å². The molecule has 4 rings (SSSR count). The number of rotatable bonds is 6. The maximum atomic E-state index is 11.6. The third-order valence-corrected chi connectivity index (χ3v) is 4.61. The molecular formula is C22H24N2O11. The number of non-ortho nitro benzene ring substituents is 2. The molecule has 2 aliphatic heterocycles. The summed E-state index contributed by atoms with van der Waals surface area (Å²) in [6, 6.07) is 10.6. The van der Waals surface area contributed by atoms with Gasteiger partial charge in [-0.15, -0.1) is 0 Å². The molecule has 2 aliphatic rings. The first kappa shape index (κ1) is 27.3. The number of aliphatic hydroxyl groups is 1. The molecule has 2 heterocycles. The van der Waals surface area contributed by atoms with E-state index in [1.165, 1.54) is 48.5 Å². The van der Waals surface area contributed by atoms with Crippen LogP contribution < -0.4 is 4.74 Å². The largest absolute Gasteiger partial charge is 0.456 e. The van der Waals surface area contributed by atoms with E-state index in [9.17, 15) is 29.8 Å². The van der Waals surface area contributed by atoms with Crippen molar-refractivity contribution in [1.29, 1.82) is 0 Å². The molecule has 0 aromatic heterocycles. The van der Waals surface area contributed by atoms with Crippen molar-refractivity contribution in [2.24, 2.45) is 0 Å². The van der Waals surface area contributed by atoms with Gasteiger partial charge in [0.05, 0.1) is 41.3 Å². The second-order valence-corrected chi connectivity index (χ2v) is 7.18. The number of nitro groups is 2. The fraction of sp³-hybridized carbons (Fsp3) is 0.364. The number of carbonyl (C=O) groups is 2. The number of nitrogens with zero attached hydrogens (tertiary/aromatic N) is 2. The van der Waals surface area contributed by atoms with E-state index in [1.807, 2.05) is 0 Å². The summed E-state index contributed by atoms with van der Waals surface area (Å²) in [5, 5.41) is 29.2. The third-order valence-electron chi connectivity index (χ3n) is 4.61. The number of carbonyl (C=O) groups excluding carboxylic acids is 2. The molecule has 0 unspecified atom stereocenters.